The Kier molecular flexibility index (Phi) is 3.71. The minimum atomic E-state index is -3.60. The van der Waals surface area contributed by atoms with Gasteiger partial charge in [-0.3, -0.25) is 4.79 Å². The summed E-state index contributed by atoms with van der Waals surface area (Å²) in [6.07, 6.45) is 0.113. The largest absolute Gasteiger partial charge is 0.299 e. The maximum atomic E-state index is 14.0. The van der Waals surface area contributed by atoms with Crippen LogP contribution < -0.4 is 0 Å². The topological polar surface area (TPSA) is 51.2 Å². The molecule has 0 aliphatic rings. The molecular formula is C12H15FO3S. The van der Waals surface area contributed by atoms with Gasteiger partial charge >= 0.3 is 0 Å². The summed E-state index contributed by atoms with van der Waals surface area (Å²) in [5, 5.41) is -0.661. The highest BCUT2D eigenvalue weighted by Gasteiger charge is 2.33. The van der Waals surface area contributed by atoms with Crippen LogP contribution in [0.4, 0.5) is 4.39 Å². The van der Waals surface area contributed by atoms with Crippen molar-refractivity contribution in [3.8, 4) is 0 Å². The number of halogens is 1. The van der Waals surface area contributed by atoms with Crippen molar-refractivity contribution in [2.75, 3.05) is 0 Å². The van der Waals surface area contributed by atoms with E-state index in [0.29, 0.717) is 0 Å². The van der Waals surface area contributed by atoms with Gasteiger partial charge in [-0.2, -0.15) is 0 Å². The molecule has 1 unspecified atom stereocenters. The van der Waals surface area contributed by atoms with E-state index in [4.69, 9.17) is 0 Å². The zero-order valence-corrected chi connectivity index (χ0v) is 10.8. The van der Waals surface area contributed by atoms with Crippen molar-refractivity contribution < 1.29 is 17.6 Å². The number of rotatable bonds is 4. The molecule has 1 aromatic carbocycles. The lowest BCUT2D eigenvalue weighted by molar-refractivity contribution is -0.117. The van der Waals surface area contributed by atoms with Gasteiger partial charge in [-0.1, -0.05) is 18.2 Å². The number of carbonyl (C=O) groups is 1. The summed E-state index contributed by atoms with van der Waals surface area (Å²) in [5.74, 6) is 0. The van der Waals surface area contributed by atoms with Crippen LogP contribution in [-0.4, -0.2) is 20.0 Å². The van der Waals surface area contributed by atoms with Gasteiger partial charge < -0.3 is 0 Å². The molecule has 0 fully saturated rings. The molecule has 1 aromatic rings. The average Bonchev–Trinajstić information content (AvgIpc) is 2.29. The molecule has 17 heavy (non-hydrogen) atoms. The minimum Gasteiger partial charge on any atom is -0.299 e. The minimum absolute atomic E-state index is 0.108. The van der Waals surface area contributed by atoms with E-state index in [1.54, 1.807) is 0 Å². The maximum absolute atomic E-state index is 14.0. The molecule has 0 aliphatic carbocycles. The summed E-state index contributed by atoms with van der Waals surface area (Å²) in [6, 6.07) is 5.67. The number of alkyl halides is 1. The summed E-state index contributed by atoms with van der Waals surface area (Å²) in [4.78, 5) is 10.6. The Hall–Kier alpha value is -1.23. The third-order valence-electron chi connectivity index (χ3n) is 2.56. The number of aldehydes is 1. The first-order valence-corrected chi connectivity index (χ1v) is 6.76. The lowest BCUT2D eigenvalue weighted by Gasteiger charge is -2.19. The van der Waals surface area contributed by atoms with Crippen LogP contribution in [-0.2, 0) is 20.3 Å². The second kappa shape index (κ2) is 4.56. The van der Waals surface area contributed by atoms with Crippen LogP contribution in [0.5, 0.6) is 0 Å². The summed E-state index contributed by atoms with van der Waals surface area (Å²) in [5.41, 5.74) is -2.40. The van der Waals surface area contributed by atoms with Gasteiger partial charge in [-0.15, -0.1) is 0 Å². The first-order valence-electron chi connectivity index (χ1n) is 5.22. The fourth-order valence-electron chi connectivity index (χ4n) is 1.44. The fraction of sp³-hybridized carbons (Fsp3) is 0.417. The lowest BCUT2D eigenvalue weighted by atomic mass is 10.00. The van der Waals surface area contributed by atoms with Gasteiger partial charge in [0.2, 0.25) is 0 Å². The van der Waals surface area contributed by atoms with Gasteiger partial charge in [0.1, 0.15) is 0 Å². The van der Waals surface area contributed by atoms with Crippen LogP contribution in [0.15, 0.2) is 29.2 Å². The fourth-order valence-corrected chi connectivity index (χ4v) is 2.79. The highest BCUT2D eigenvalue weighted by atomic mass is 32.2. The number of sulfone groups is 1. The third kappa shape index (κ3) is 2.54. The molecule has 0 saturated heterocycles. The quantitative estimate of drug-likeness (QED) is 0.778. The molecular weight excluding hydrogens is 243 g/mol. The summed E-state index contributed by atoms with van der Waals surface area (Å²) in [6.45, 7) is 4.08. The van der Waals surface area contributed by atoms with Crippen molar-refractivity contribution >= 4 is 16.1 Å². The Labute approximate surface area is 101 Å². The second-order valence-electron chi connectivity index (χ2n) is 4.28. The van der Waals surface area contributed by atoms with Crippen LogP contribution in [0.25, 0.3) is 0 Å². The Morgan fingerprint density at radius 2 is 1.82 bits per heavy atom. The van der Waals surface area contributed by atoms with E-state index in [2.05, 4.69) is 0 Å². The van der Waals surface area contributed by atoms with Gasteiger partial charge in [0, 0.05) is 5.56 Å². The summed E-state index contributed by atoms with van der Waals surface area (Å²) >= 11 is 0. The molecule has 0 radical (unpaired) electrons. The molecule has 3 nitrogen and oxygen atoms in total. The lowest BCUT2D eigenvalue weighted by Crippen LogP contribution is -2.23. The molecule has 0 spiro atoms. The number of carbonyl (C=O) groups excluding carboxylic acids is 1. The van der Waals surface area contributed by atoms with E-state index >= 15 is 0 Å². The van der Waals surface area contributed by atoms with E-state index < -0.39 is 20.8 Å². The zero-order valence-electron chi connectivity index (χ0n) is 9.98. The SMILES string of the molecule is CC(C)S(=O)(=O)c1ccccc1C(C)(F)C=O. The van der Waals surface area contributed by atoms with Crippen molar-refractivity contribution in [3.05, 3.63) is 29.8 Å². The molecule has 0 aromatic heterocycles. The Morgan fingerprint density at radius 1 is 1.29 bits per heavy atom. The smallest absolute Gasteiger partial charge is 0.189 e. The second-order valence-corrected chi connectivity index (χ2v) is 6.76. The molecule has 0 amide bonds. The van der Waals surface area contributed by atoms with Gasteiger partial charge in [0.25, 0.3) is 0 Å². The van der Waals surface area contributed by atoms with Crippen molar-refractivity contribution in [2.45, 2.75) is 36.6 Å². The Morgan fingerprint density at radius 3 is 2.29 bits per heavy atom. The number of benzene rings is 1. The number of hydrogen-bond acceptors (Lipinski definition) is 3. The first kappa shape index (κ1) is 13.8. The van der Waals surface area contributed by atoms with E-state index in [-0.39, 0.29) is 16.7 Å². The van der Waals surface area contributed by atoms with Crippen molar-refractivity contribution in [2.24, 2.45) is 0 Å². The predicted octanol–water partition coefficient (Wildman–Crippen LogP) is 2.25. The Bertz CT molecular complexity index is 518. The first-order chi connectivity index (χ1) is 7.73. The molecule has 5 heteroatoms. The molecule has 0 aliphatic heterocycles. The van der Waals surface area contributed by atoms with E-state index in [9.17, 15) is 17.6 Å². The van der Waals surface area contributed by atoms with E-state index in [1.165, 1.54) is 38.1 Å². The van der Waals surface area contributed by atoms with Gasteiger partial charge in [-0.05, 0) is 26.8 Å². The molecule has 0 saturated carbocycles. The molecule has 94 valence electrons. The van der Waals surface area contributed by atoms with Crippen molar-refractivity contribution in [3.63, 3.8) is 0 Å². The van der Waals surface area contributed by atoms with Gasteiger partial charge in [-0.25, -0.2) is 12.8 Å². The van der Waals surface area contributed by atoms with E-state index in [1.807, 2.05) is 0 Å². The van der Waals surface area contributed by atoms with Gasteiger partial charge in [0.15, 0.2) is 21.8 Å². The highest BCUT2D eigenvalue weighted by Crippen LogP contribution is 2.31. The molecule has 0 bridgehead atoms. The van der Waals surface area contributed by atoms with Crippen LogP contribution in [0.1, 0.15) is 26.3 Å². The van der Waals surface area contributed by atoms with Crippen molar-refractivity contribution in [1.29, 1.82) is 0 Å². The molecule has 1 rings (SSSR count). The highest BCUT2D eigenvalue weighted by molar-refractivity contribution is 7.92. The van der Waals surface area contributed by atoms with Crippen LogP contribution in [0.2, 0.25) is 0 Å². The summed E-state index contributed by atoms with van der Waals surface area (Å²) in [7, 11) is -3.60. The normalized spacial score (nSPS) is 15.6. The molecule has 0 N–H and O–H groups in total. The predicted molar refractivity (Wildman–Crippen MR) is 63.3 cm³/mol. The van der Waals surface area contributed by atoms with Crippen LogP contribution in [0, 0.1) is 0 Å². The molecule has 1 atom stereocenters. The monoisotopic (exact) mass is 258 g/mol. The maximum Gasteiger partial charge on any atom is 0.189 e. The summed E-state index contributed by atoms with van der Waals surface area (Å²) < 4.78 is 38.0. The van der Waals surface area contributed by atoms with Crippen molar-refractivity contribution in [1.82, 2.24) is 0 Å². The van der Waals surface area contributed by atoms with Crippen LogP contribution >= 0.6 is 0 Å². The standard InChI is InChI=1S/C12H15FO3S/c1-9(2)17(15,16)11-7-5-4-6-10(11)12(3,13)8-14/h4-9H,1-3H3. The third-order valence-corrected chi connectivity index (χ3v) is 4.77. The number of hydrogen-bond donors (Lipinski definition) is 0. The Balaban J connectivity index is 3.53. The van der Waals surface area contributed by atoms with Gasteiger partial charge in [0.05, 0.1) is 10.1 Å². The zero-order chi connectivity index (χ0) is 13.3. The average molecular weight is 258 g/mol. The van der Waals surface area contributed by atoms with Crippen LogP contribution in [0.3, 0.4) is 0 Å². The van der Waals surface area contributed by atoms with E-state index in [0.717, 1.165) is 6.92 Å². The molecule has 0 heterocycles.